The molecule has 7 heteroatoms. The molecule has 0 aliphatic carbocycles. The van der Waals surface area contributed by atoms with E-state index in [-0.39, 0.29) is 23.3 Å². The van der Waals surface area contributed by atoms with Crippen molar-refractivity contribution in [1.29, 1.82) is 0 Å². The minimum absolute atomic E-state index is 0.00149. The Morgan fingerprint density at radius 2 is 2.09 bits per heavy atom. The van der Waals surface area contributed by atoms with Crippen molar-refractivity contribution in [3.05, 3.63) is 24.3 Å². The lowest BCUT2D eigenvalue weighted by molar-refractivity contribution is -0.132. The van der Waals surface area contributed by atoms with Crippen molar-refractivity contribution in [3.63, 3.8) is 0 Å². The average molecular weight is 336 g/mol. The van der Waals surface area contributed by atoms with E-state index in [2.05, 4.69) is 0 Å². The van der Waals surface area contributed by atoms with E-state index in [1.807, 2.05) is 36.1 Å². The second kappa shape index (κ2) is 6.70. The average Bonchev–Trinajstić information content (AvgIpc) is 2.95. The van der Waals surface area contributed by atoms with Crippen molar-refractivity contribution in [3.8, 4) is 5.75 Å². The first-order valence-electron chi connectivity index (χ1n) is 7.61. The number of piperazine rings is 1. The molecule has 0 unspecified atom stereocenters. The molecule has 2 saturated heterocycles. The van der Waals surface area contributed by atoms with Crippen LogP contribution in [0, 0.1) is 0 Å². The summed E-state index contributed by atoms with van der Waals surface area (Å²) in [4.78, 5) is 28.7. The molecule has 2 heterocycles. The van der Waals surface area contributed by atoms with Gasteiger partial charge in [0.15, 0.2) is 0 Å². The molecule has 2 fully saturated rings. The fraction of sp³-hybridized carbons (Fsp3) is 0.500. The summed E-state index contributed by atoms with van der Waals surface area (Å²) in [6.07, 6.45) is -0.261. The fourth-order valence-corrected chi connectivity index (χ4v) is 3.81. The molecule has 0 bridgehead atoms. The molecule has 0 N–H and O–H groups in total. The fourth-order valence-electron chi connectivity index (χ4n) is 2.85. The molecule has 0 aromatic heterocycles. The number of rotatable bonds is 4. The number of thioether (sulfide) groups is 1. The van der Waals surface area contributed by atoms with E-state index < -0.39 is 0 Å². The van der Waals surface area contributed by atoms with Crippen LogP contribution >= 0.6 is 11.8 Å². The first-order valence-corrected chi connectivity index (χ1v) is 8.49. The number of fused-ring (bicyclic) bond motifs is 1. The van der Waals surface area contributed by atoms with E-state index in [0.29, 0.717) is 26.2 Å². The van der Waals surface area contributed by atoms with Gasteiger partial charge in [0.1, 0.15) is 12.4 Å². The lowest BCUT2D eigenvalue weighted by Crippen LogP contribution is -2.55. The first-order chi connectivity index (χ1) is 11.1. The van der Waals surface area contributed by atoms with Crippen LogP contribution in [-0.2, 0) is 9.53 Å². The number of carbonyl (C=O) groups is 2. The Hall–Kier alpha value is -1.89. The Labute approximate surface area is 139 Å². The predicted octanol–water partition coefficient (Wildman–Crippen LogP) is 1.84. The molecule has 2 aliphatic heterocycles. The molecule has 2 atom stereocenters. The summed E-state index contributed by atoms with van der Waals surface area (Å²) in [5.41, 5.74) is 0. The van der Waals surface area contributed by atoms with Crippen molar-refractivity contribution in [2.75, 3.05) is 33.4 Å². The van der Waals surface area contributed by atoms with Crippen LogP contribution in [0.25, 0.3) is 0 Å². The smallest absolute Gasteiger partial charge is 0.410 e. The maximum absolute atomic E-state index is 12.6. The number of cyclic esters (lactones) is 1. The zero-order chi connectivity index (χ0) is 16.4. The number of benzene rings is 1. The third-order valence-electron chi connectivity index (χ3n) is 4.15. The lowest BCUT2D eigenvalue weighted by atomic mass is 10.2. The summed E-state index contributed by atoms with van der Waals surface area (Å²) in [6.45, 7) is 3.97. The van der Waals surface area contributed by atoms with Gasteiger partial charge in [-0.1, -0.05) is 0 Å². The highest BCUT2D eigenvalue weighted by Crippen LogP contribution is 2.27. The second-order valence-corrected chi connectivity index (χ2v) is 7.06. The Morgan fingerprint density at radius 3 is 2.78 bits per heavy atom. The van der Waals surface area contributed by atoms with E-state index in [0.717, 1.165) is 10.6 Å². The molecule has 23 heavy (non-hydrogen) atoms. The number of methoxy groups -OCH3 is 1. The summed E-state index contributed by atoms with van der Waals surface area (Å²) in [5, 5.41) is -0.173. The van der Waals surface area contributed by atoms with Gasteiger partial charge in [-0.2, -0.15) is 0 Å². The number of hydrogen-bond acceptors (Lipinski definition) is 5. The van der Waals surface area contributed by atoms with Crippen LogP contribution in [0.1, 0.15) is 6.92 Å². The molecule has 0 spiro atoms. The van der Waals surface area contributed by atoms with Crippen LogP contribution in [0.4, 0.5) is 4.79 Å². The number of amides is 2. The zero-order valence-electron chi connectivity index (χ0n) is 13.2. The molecule has 6 nitrogen and oxygen atoms in total. The molecular weight excluding hydrogens is 316 g/mol. The SMILES string of the molecule is COc1ccc(S[C@@H](C)C(=O)N2CCN3C(=O)OC[C@@H]3C2)cc1. The molecule has 0 saturated carbocycles. The summed E-state index contributed by atoms with van der Waals surface area (Å²) >= 11 is 1.53. The van der Waals surface area contributed by atoms with Crippen LogP contribution in [0.2, 0.25) is 0 Å². The van der Waals surface area contributed by atoms with Crippen LogP contribution in [0.15, 0.2) is 29.2 Å². The van der Waals surface area contributed by atoms with Gasteiger partial charge in [-0.3, -0.25) is 9.69 Å². The van der Waals surface area contributed by atoms with Gasteiger partial charge in [-0.05, 0) is 31.2 Å². The summed E-state index contributed by atoms with van der Waals surface area (Å²) in [7, 11) is 1.63. The standard InChI is InChI=1S/C16H20N2O4S/c1-11(23-14-5-3-13(21-2)4-6-14)15(19)17-7-8-18-12(9-17)10-22-16(18)20/h3-6,11-12H,7-10H2,1-2H3/t11-,12-/m0/s1. The van der Waals surface area contributed by atoms with Crippen LogP contribution < -0.4 is 4.74 Å². The van der Waals surface area contributed by atoms with Gasteiger partial charge in [0.25, 0.3) is 0 Å². The largest absolute Gasteiger partial charge is 0.497 e. The Morgan fingerprint density at radius 1 is 1.35 bits per heavy atom. The topological polar surface area (TPSA) is 59.1 Å². The summed E-state index contributed by atoms with van der Waals surface area (Å²) in [6, 6.07) is 7.68. The van der Waals surface area contributed by atoms with Crippen LogP contribution in [0.5, 0.6) is 5.75 Å². The monoisotopic (exact) mass is 336 g/mol. The Bertz CT molecular complexity index is 592. The van der Waals surface area contributed by atoms with Gasteiger partial charge >= 0.3 is 6.09 Å². The molecule has 124 valence electrons. The molecule has 0 radical (unpaired) electrons. The van der Waals surface area contributed by atoms with Crippen molar-refractivity contribution in [2.45, 2.75) is 23.1 Å². The van der Waals surface area contributed by atoms with Crippen molar-refractivity contribution in [1.82, 2.24) is 9.80 Å². The van der Waals surface area contributed by atoms with Crippen molar-refractivity contribution < 1.29 is 19.1 Å². The number of carbonyl (C=O) groups excluding carboxylic acids is 2. The molecule has 1 aromatic carbocycles. The van der Waals surface area contributed by atoms with Gasteiger partial charge < -0.3 is 14.4 Å². The molecular formula is C16H20N2O4S. The molecule has 3 rings (SSSR count). The first kappa shape index (κ1) is 16.0. The summed E-state index contributed by atoms with van der Waals surface area (Å²) < 4.78 is 10.2. The van der Waals surface area contributed by atoms with E-state index in [4.69, 9.17) is 9.47 Å². The van der Waals surface area contributed by atoms with Crippen LogP contribution in [-0.4, -0.2) is 66.4 Å². The maximum Gasteiger partial charge on any atom is 0.410 e. The Kier molecular flexibility index (Phi) is 4.66. The highest BCUT2D eigenvalue weighted by Gasteiger charge is 2.39. The van der Waals surface area contributed by atoms with E-state index in [9.17, 15) is 9.59 Å². The van der Waals surface area contributed by atoms with Gasteiger partial charge in [0.2, 0.25) is 5.91 Å². The van der Waals surface area contributed by atoms with Gasteiger partial charge in [0.05, 0.1) is 18.4 Å². The highest BCUT2D eigenvalue weighted by molar-refractivity contribution is 8.00. The quantitative estimate of drug-likeness (QED) is 0.785. The normalized spacial score (nSPS) is 21.7. The van der Waals surface area contributed by atoms with Crippen molar-refractivity contribution >= 4 is 23.8 Å². The zero-order valence-corrected chi connectivity index (χ0v) is 14.0. The van der Waals surface area contributed by atoms with Crippen LogP contribution in [0.3, 0.4) is 0 Å². The second-order valence-electron chi connectivity index (χ2n) is 5.64. The third kappa shape index (κ3) is 3.39. The number of hydrogen-bond donors (Lipinski definition) is 0. The third-order valence-corrected chi connectivity index (χ3v) is 5.25. The van der Waals surface area contributed by atoms with E-state index >= 15 is 0 Å². The lowest BCUT2D eigenvalue weighted by Gasteiger charge is -2.36. The van der Waals surface area contributed by atoms with Gasteiger partial charge in [0, 0.05) is 24.5 Å². The van der Waals surface area contributed by atoms with Gasteiger partial charge in [-0.15, -0.1) is 11.8 Å². The van der Waals surface area contributed by atoms with E-state index in [1.165, 1.54) is 11.8 Å². The minimum atomic E-state index is -0.261. The maximum atomic E-state index is 12.6. The molecule has 2 amide bonds. The highest BCUT2D eigenvalue weighted by atomic mass is 32.2. The van der Waals surface area contributed by atoms with Crippen molar-refractivity contribution in [2.24, 2.45) is 0 Å². The minimum Gasteiger partial charge on any atom is -0.497 e. The summed E-state index contributed by atoms with van der Waals surface area (Å²) in [5.74, 6) is 0.903. The molecule has 1 aromatic rings. The van der Waals surface area contributed by atoms with Gasteiger partial charge in [-0.25, -0.2) is 4.79 Å². The number of nitrogens with zero attached hydrogens (tertiary/aromatic N) is 2. The predicted molar refractivity (Wildman–Crippen MR) is 86.7 cm³/mol. The Balaban J connectivity index is 1.57. The molecule has 2 aliphatic rings. The van der Waals surface area contributed by atoms with E-state index in [1.54, 1.807) is 12.0 Å². The number of ether oxygens (including phenoxy) is 2.